The second-order valence-corrected chi connectivity index (χ2v) is 6.60. The summed E-state index contributed by atoms with van der Waals surface area (Å²) in [4.78, 5) is 4.12. The third-order valence-electron chi connectivity index (χ3n) is 4.40. The van der Waals surface area contributed by atoms with Gasteiger partial charge >= 0.3 is 6.18 Å². The van der Waals surface area contributed by atoms with E-state index in [1.165, 1.54) is 11.6 Å². The molecule has 1 aromatic heterocycles. The van der Waals surface area contributed by atoms with E-state index in [4.69, 9.17) is 0 Å². The van der Waals surface area contributed by atoms with Crippen LogP contribution in [0.3, 0.4) is 0 Å². The number of alkyl halides is 3. The minimum absolute atomic E-state index is 0. The van der Waals surface area contributed by atoms with Gasteiger partial charge in [-0.2, -0.15) is 18.3 Å². The minimum atomic E-state index is -4.37. The molecule has 0 amide bonds. The van der Waals surface area contributed by atoms with Gasteiger partial charge in [0, 0.05) is 31.5 Å². The minimum Gasteiger partial charge on any atom is -0.356 e. The first kappa shape index (κ1) is 25.3. The number of aromatic nitrogens is 2. The molecule has 1 heterocycles. The van der Waals surface area contributed by atoms with Gasteiger partial charge in [-0.3, -0.25) is 4.99 Å². The molecule has 0 unspecified atom stereocenters. The normalized spacial score (nSPS) is 11.2. The van der Waals surface area contributed by atoms with Crippen LogP contribution in [0.1, 0.15) is 16.7 Å². The molecule has 0 aliphatic heterocycles. The first-order chi connectivity index (χ1) is 15.0. The van der Waals surface area contributed by atoms with E-state index in [1.54, 1.807) is 24.0 Å². The molecule has 9 heteroatoms. The van der Waals surface area contributed by atoms with Gasteiger partial charge in [-0.05, 0) is 48.4 Å². The Hall–Kier alpha value is -3.00. The van der Waals surface area contributed by atoms with Crippen LogP contribution in [0, 0.1) is 11.8 Å². The van der Waals surface area contributed by atoms with E-state index in [2.05, 4.69) is 44.7 Å². The SMILES string of the molecule is CN=C(NCC#Cc1cccc(C(F)(F)F)c1)NCCc1ccc(-n2cccn2)cc1.I. The van der Waals surface area contributed by atoms with E-state index < -0.39 is 11.7 Å². The number of benzene rings is 2. The molecular weight excluding hydrogens is 530 g/mol. The molecule has 0 fully saturated rings. The zero-order valence-electron chi connectivity index (χ0n) is 17.4. The fourth-order valence-corrected chi connectivity index (χ4v) is 2.83. The number of hydrogen-bond acceptors (Lipinski definition) is 2. The van der Waals surface area contributed by atoms with Crippen molar-refractivity contribution in [3.05, 3.63) is 83.7 Å². The molecular formula is C23H23F3IN5. The highest BCUT2D eigenvalue weighted by Crippen LogP contribution is 2.29. The van der Waals surface area contributed by atoms with Gasteiger partial charge in [0.1, 0.15) is 0 Å². The molecule has 0 radical (unpaired) electrons. The molecule has 0 bridgehead atoms. The molecule has 32 heavy (non-hydrogen) atoms. The van der Waals surface area contributed by atoms with E-state index in [0.29, 0.717) is 18.1 Å². The van der Waals surface area contributed by atoms with E-state index in [-0.39, 0.29) is 30.5 Å². The second-order valence-electron chi connectivity index (χ2n) is 6.60. The predicted molar refractivity (Wildman–Crippen MR) is 130 cm³/mol. The Morgan fingerprint density at radius 1 is 1.09 bits per heavy atom. The van der Waals surface area contributed by atoms with Gasteiger partial charge in [-0.25, -0.2) is 4.68 Å². The topological polar surface area (TPSA) is 54.2 Å². The first-order valence-electron chi connectivity index (χ1n) is 9.65. The lowest BCUT2D eigenvalue weighted by Crippen LogP contribution is -2.38. The van der Waals surface area contributed by atoms with Crippen LogP contribution in [0.5, 0.6) is 0 Å². The zero-order valence-corrected chi connectivity index (χ0v) is 19.7. The smallest absolute Gasteiger partial charge is 0.356 e. The lowest BCUT2D eigenvalue weighted by Gasteiger charge is -2.10. The molecule has 0 aliphatic carbocycles. The maximum Gasteiger partial charge on any atom is 0.416 e. The zero-order chi connectivity index (χ0) is 22.1. The average molecular weight is 553 g/mol. The van der Waals surface area contributed by atoms with Crippen LogP contribution in [-0.2, 0) is 12.6 Å². The summed E-state index contributed by atoms with van der Waals surface area (Å²) in [6.45, 7) is 0.927. The van der Waals surface area contributed by atoms with Crippen molar-refractivity contribution in [2.45, 2.75) is 12.6 Å². The standard InChI is InChI=1S/C23H22F3N5.HI/c1-27-22(28-13-3-6-19-5-2-7-20(17-19)23(24,25)26)29-15-12-18-8-10-21(11-9-18)31-16-4-14-30-31;/h2,4-5,7-11,14,16-17H,12-13,15H2,1H3,(H2,27,28,29);1H. The number of guanidine groups is 1. The summed E-state index contributed by atoms with van der Waals surface area (Å²) in [6, 6.07) is 15.0. The van der Waals surface area contributed by atoms with Crippen molar-refractivity contribution in [1.82, 2.24) is 20.4 Å². The number of rotatable bonds is 5. The summed E-state index contributed by atoms with van der Waals surface area (Å²) in [5.41, 5.74) is 1.78. The lowest BCUT2D eigenvalue weighted by atomic mass is 10.1. The maximum atomic E-state index is 12.7. The molecule has 5 nitrogen and oxygen atoms in total. The number of halogens is 4. The van der Waals surface area contributed by atoms with Gasteiger partial charge in [0.25, 0.3) is 0 Å². The van der Waals surface area contributed by atoms with Gasteiger partial charge in [0.15, 0.2) is 5.96 Å². The molecule has 168 valence electrons. The Bertz CT molecular complexity index is 1070. The Kier molecular flexibility index (Phi) is 9.59. The van der Waals surface area contributed by atoms with E-state index >= 15 is 0 Å². The Balaban J connectivity index is 0.00000363. The summed E-state index contributed by atoms with van der Waals surface area (Å²) in [7, 11) is 1.65. The molecule has 3 aromatic rings. The second kappa shape index (κ2) is 12.1. The Morgan fingerprint density at radius 2 is 1.88 bits per heavy atom. The number of aliphatic imine (C=N–C) groups is 1. The van der Waals surface area contributed by atoms with Crippen molar-refractivity contribution in [3.8, 4) is 17.5 Å². The van der Waals surface area contributed by atoms with E-state index in [9.17, 15) is 13.2 Å². The van der Waals surface area contributed by atoms with Crippen molar-refractivity contribution in [2.75, 3.05) is 20.1 Å². The van der Waals surface area contributed by atoms with E-state index in [1.807, 2.05) is 24.4 Å². The van der Waals surface area contributed by atoms with Crippen LogP contribution >= 0.6 is 24.0 Å². The van der Waals surface area contributed by atoms with Crippen LogP contribution in [0.2, 0.25) is 0 Å². The highest BCUT2D eigenvalue weighted by molar-refractivity contribution is 14.0. The van der Waals surface area contributed by atoms with Gasteiger partial charge in [0.2, 0.25) is 0 Å². The Morgan fingerprint density at radius 3 is 2.53 bits per heavy atom. The molecule has 2 N–H and O–H groups in total. The first-order valence-corrected chi connectivity index (χ1v) is 9.65. The third kappa shape index (κ3) is 7.60. The summed E-state index contributed by atoms with van der Waals surface area (Å²) in [6.07, 6.45) is 0.0555. The summed E-state index contributed by atoms with van der Waals surface area (Å²) in [5, 5.41) is 10.4. The quantitative estimate of drug-likeness (QED) is 0.215. The molecule has 0 saturated carbocycles. The van der Waals surface area contributed by atoms with Crippen LogP contribution in [0.25, 0.3) is 5.69 Å². The fourth-order valence-electron chi connectivity index (χ4n) is 2.83. The molecule has 0 saturated heterocycles. The molecule has 2 aromatic carbocycles. The van der Waals surface area contributed by atoms with Crippen LogP contribution in [0.4, 0.5) is 13.2 Å². The maximum absolute atomic E-state index is 12.7. The number of hydrogen-bond donors (Lipinski definition) is 2. The fraction of sp³-hybridized carbons (Fsp3) is 0.217. The van der Waals surface area contributed by atoms with Crippen molar-refractivity contribution < 1.29 is 13.2 Å². The summed E-state index contributed by atoms with van der Waals surface area (Å²) in [5.74, 6) is 6.12. The highest BCUT2D eigenvalue weighted by Gasteiger charge is 2.30. The molecule has 0 aliphatic rings. The largest absolute Gasteiger partial charge is 0.416 e. The van der Waals surface area contributed by atoms with Crippen molar-refractivity contribution >= 4 is 29.9 Å². The number of nitrogens with one attached hydrogen (secondary N) is 2. The van der Waals surface area contributed by atoms with Crippen LogP contribution in [-0.4, -0.2) is 35.9 Å². The summed E-state index contributed by atoms with van der Waals surface area (Å²) >= 11 is 0. The highest BCUT2D eigenvalue weighted by atomic mass is 127. The molecule has 0 spiro atoms. The Labute approximate surface area is 202 Å². The van der Waals surface area contributed by atoms with Crippen molar-refractivity contribution in [1.29, 1.82) is 0 Å². The van der Waals surface area contributed by atoms with Crippen molar-refractivity contribution in [3.63, 3.8) is 0 Å². The van der Waals surface area contributed by atoms with E-state index in [0.717, 1.165) is 24.2 Å². The van der Waals surface area contributed by atoms with Gasteiger partial charge in [-0.15, -0.1) is 24.0 Å². The third-order valence-corrected chi connectivity index (χ3v) is 4.40. The van der Waals surface area contributed by atoms with Crippen LogP contribution < -0.4 is 10.6 Å². The monoisotopic (exact) mass is 553 g/mol. The molecule has 0 atom stereocenters. The average Bonchev–Trinajstić information content (AvgIpc) is 3.30. The lowest BCUT2D eigenvalue weighted by molar-refractivity contribution is -0.137. The van der Waals surface area contributed by atoms with Gasteiger partial charge < -0.3 is 10.6 Å². The summed E-state index contributed by atoms with van der Waals surface area (Å²) < 4.78 is 40.0. The predicted octanol–water partition coefficient (Wildman–Crippen LogP) is 4.27. The van der Waals surface area contributed by atoms with Gasteiger partial charge in [-0.1, -0.05) is 30.0 Å². The van der Waals surface area contributed by atoms with Gasteiger partial charge in [0.05, 0.1) is 17.8 Å². The van der Waals surface area contributed by atoms with Crippen molar-refractivity contribution in [2.24, 2.45) is 4.99 Å². The number of nitrogens with zero attached hydrogens (tertiary/aromatic N) is 3. The van der Waals surface area contributed by atoms with Crippen LogP contribution in [0.15, 0.2) is 72.0 Å². The molecule has 3 rings (SSSR count).